The topological polar surface area (TPSA) is 96.0 Å². The van der Waals surface area contributed by atoms with Crippen molar-refractivity contribution < 1.29 is 22.7 Å². The molecule has 4 rings (SSSR count). The smallest absolute Gasteiger partial charge is 0.264 e. The zero-order valence-corrected chi connectivity index (χ0v) is 28.4. The van der Waals surface area contributed by atoms with Crippen LogP contribution in [0, 0.1) is 0 Å². The second-order valence-electron chi connectivity index (χ2n) is 11.7. The predicted octanol–water partition coefficient (Wildman–Crippen LogP) is 6.75. The number of sulfonamides is 1. The van der Waals surface area contributed by atoms with Gasteiger partial charge in [0.25, 0.3) is 10.0 Å². The monoisotopic (exact) mass is 681 g/mol. The Balaban J connectivity index is 1.84. The number of carbonyl (C=O) groups is 2. The molecule has 0 saturated heterocycles. The summed E-state index contributed by atoms with van der Waals surface area (Å²) in [6.07, 6.45) is 0.181. The molecule has 0 aromatic heterocycles. The van der Waals surface area contributed by atoms with Crippen molar-refractivity contribution in [2.45, 2.75) is 50.2 Å². The Labute approximate surface area is 280 Å². The van der Waals surface area contributed by atoms with E-state index in [1.807, 2.05) is 51.1 Å². The fraction of sp³-hybridized carbons (Fsp3) is 0.257. The summed E-state index contributed by atoms with van der Waals surface area (Å²) in [6, 6.07) is 27.6. The van der Waals surface area contributed by atoms with Gasteiger partial charge >= 0.3 is 0 Å². The number of hydrogen-bond donors (Lipinski definition) is 1. The molecular weight excluding hydrogens is 645 g/mol. The molecule has 0 spiro atoms. The van der Waals surface area contributed by atoms with Gasteiger partial charge in [-0.3, -0.25) is 13.9 Å². The molecular formula is C35H37Cl2N3O5S. The van der Waals surface area contributed by atoms with Crippen molar-refractivity contribution >= 4 is 50.7 Å². The Kier molecular flexibility index (Phi) is 11.4. The molecule has 0 saturated carbocycles. The summed E-state index contributed by atoms with van der Waals surface area (Å²) in [5.41, 5.74) is 1.06. The summed E-state index contributed by atoms with van der Waals surface area (Å²) in [7, 11) is -2.76. The lowest BCUT2D eigenvalue weighted by molar-refractivity contribution is -0.140. The zero-order valence-electron chi connectivity index (χ0n) is 26.1. The first-order chi connectivity index (χ1) is 21.8. The largest absolute Gasteiger partial charge is 0.497 e. The fourth-order valence-corrected chi connectivity index (χ4v) is 6.60. The minimum Gasteiger partial charge on any atom is -0.497 e. The molecule has 4 aromatic carbocycles. The predicted molar refractivity (Wildman–Crippen MR) is 183 cm³/mol. The SMILES string of the molecule is COc1cccc(N(CC(=O)N(Cc2ccc(Cl)c(Cl)c2)[C@H](Cc2ccccc2)C(=O)NC(C)(C)C)S(=O)(=O)c2ccccc2)c1. The maximum absolute atomic E-state index is 14.6. The highest BCUT2D eigenvalue weighted by Crippen LogP contribution is 2.29. The van der Waals surface area contributed by atoms with E-state index in [2.05, 4.69) is 5.32 Å². The van der Waals surface area contributed by atoms with E-state index in [1.165, 1.54) is 24.1 Å². The van der Waals surface area contributed by atoms with Crippen LogP contribution in [0.3, 0.4) is 0 Å². The van der Waals surface area contributed by atoms with Gasteiger partial charge in [-0.25, -0.2) is 8.42 Å². The molecule has 0 aliphatic rings. The second-order valence-corrected chi connectivity index (χ2v) is 14.4. The van der Waals surface area contributed by atoms with Crippen molar-refractivity contribution in [1.82, 2.24) is 10.2 Å². The molecule has 0 aliphatic heterocycles. The van der Waals surface area contributed by atoms with Crippen LogP contribution >= 0.6 is 23.2 Å². The molecule has 11 heteroatoms. The number of halogens is 2. The molecule has 1 N–H and O–H groups in total. The van der Waals surface area contributed by atoms with Gasteiger partial charge in [-0.05, 0) is 68.3 Å². The highest BCUT2D eigenvalue weighted by Gasteiger charge is 2.35. The standard InChI is InChI=1S/C35H37Cl2N3O5S/c1-35(2,3)38-34(42)32(21-25-12-7-5-8-13-25)39(23-26-18-19-30(36)31(37)20-26)33(41)24-40(27-14-11-15-28(22-27)45-4)46(43,44)29-16-9-6-10-17-29/h5-20,22,32H,21,23-24H2,1-4H3,(H,38,42)/t32-/m1/s1. The van der Waals surface area contributed by atoms with E-state index >= 15 is 0 Å². The first-order valence-electron chi connectivity index (χ1n) is 14.6. The van der Waals surface area contributed by atoms with Crippen LogP contribution in [0.4, 0.5) is 5.69 Å². The van der Waals surface area contributed by atoms with Gasteiger partial charge in [0.1, 0.15) is 18.3 Å². The molecule has 8 nitrogen and oxygen atoms in total. The van der Waals surface area contributed by atoms with Crippen LogP contribution in [0.15, 0.2) is 108 Å². The molecule has 46 heavy (non-hydrogen) atoms. The summed E-state index contributed by atoms with van der Waals surface area (Å²) in [4.78, 5) is 30.0. The molecule has 0 bridgehead atoms. The van der Waals surface area contributed by atoms with Crippen LogP contribution in [-0.2, 0) is 32.6 Å². The van der Waals surface area contributed by atoms with Crippen molar-refractivity contribution in [2.75, 3.05) is 18.0 Å². The highest BCUT2D eigenvalue weighted by atomic mass is 35.5. The van der Waals surface area contributed by atoms with E-state index in [0.29, 0.717) is 16.3 Å². The zero-order chi connectivity index (χ0) is 33.5. The maximum atomic E-state index is 14.6. The van der Waals surface area contributed by atoms with Crippen LogP contribution in [-0.4, -0.2) is 50.4 Å². The van der Waals surface area contributed by atoms with Crippen molar-refractivity contribution in [3.8, 4) is 5.75 Å². The van der Waals surface area contributed by atoms with Crippen molar-refractivity contribution in [3.63, 3.8) is 0 Å². The lowest BCUT2D eigenvalue weighted by Gasteiger charge is -2.35. The molecule has 4 aromatic rings. The average Bonchev–Trinajstić information content (AvgIpc) is 3.03. The molecule has 2 amide bonds. The number of anilines is 1. The number of hydrogen-bond acceptors (Lipinski definition) is 5. The summed E-state index contributed by atoms with van der Waals surface area (Å²) >= 11 is 12.5. The Hall–Kier alpha value is -4.05. The molecule has 1 atom stereocenters. The number of nitrogens with zero attached hydrogens (tertiary/aromatic N) is 2. The lowest BCUT2D eigenvalue weighted by Crippen LogP contribution is -2.56. The number of benzene rings is 4. The Morgan fingerprint density at radius 1 is 0.826 bits per heavy atom. The lowest BCUT2D eigenvalue weighted by atomic mass is 10.0. The molecule has 0 fully saturated rings. The van der Waals surface area contributed by atoms with Gasteiger partial charge in [0, 0.05) is 24.6 Å². The Morgan fingerprint density at radius 3 is 2.09 bits per heavy atom. The van der Waals surface area contributed by atoms with E-state index in [4.69, 9.17) is 27.9 Å². The fourth-order valence-electron chi connectivity index (χ4n) is 4.86. The van der Waals surface area contributed by atoms with Crippen LogP contribution in [0.2, 0.25) is 10.0 Å². The molecule has 0 unspecified atom stereocenters. The number of amides is 2. The first-order valence-corrected chi connectivity index (χ1v) is 16.8. The number of carbonyl (C=O) groups excluding carboxylic acids is 2. The molecule has 0 radical (unpaired) electrons. The van der Waals surface area contributed by atoms with Crippen LogP contribution in [0.25, 0.3) is 0 Å². The number of methoxy groups -OCH3 is 1. The first kappa shape index (κ1) is 34.8. The highest BCUT2D eigenvalue weighted by molar-refractivity contribution is 7.92. The minimum atomic E-state index is -4.24. The third kappa shape index (κ3) is 9.02. The Morgan fingerprint density at radius 2 is 1.48 bits per heavy atom. The van der Waals surface area contributed by atoms with Crippen molar-refractivity contribution in [3.05, 3.63) is 124 Å². The molecule has 242 valence electrons. The van der Waals surface area contributed by atoms with Crippen molar-refractivity contribution in [2.24, 2.45) is 0 Å². The van der Waals surface area contributed by atoms with Gasteiger partial charge < -0.3 is 15.0 Å². The Bertz CT molecular complexity index is 1760. The van der Waals surface area contributed by atoms with Crippen molar-refractivity contribution in [1.29, 1.82) is 0 Å². The number of nitrogens with one attached hydrogen (secondary N) is 1. The van der Waals surface area contributed by atoms with Gasteiger partial charge in [0.2, 0.25) is 11.8 Å². The third-order valence-electron chi connectivity index (χ3n) is 7.06. The van der Waals surface area contributed by atoms with Gasteiger partial charge in [-0.2, -0.15) is 0 Å². The third-order valence-corrected chi connectivity index (χ3v) is 9.58. The summed E-state index contributed by atoms with van der Waals surface area (Å²) in [5, 5.41) is 3.64. The van der Waals surface area contributed by atoms with Gasteiger partial charge in [0.05, 0.1) is 27.7 Å². The summed E-state index contributed by atoms with van der Waals surface area (Å²) < 4.78 is 34.6. The van der Waals surface area contributed by atoms with Crippen LogP contribution < -0.4 is 14.4 Å². The van der Waals surface area contributed by atoms with E-state index in [1.54, 1.807) is 60.7 Å². The minimum absolute atomic E-state index is 0.00737. The molecule has 0 aliphatic carbocycles. The maximum Gasteiger partial charge on any atom is 0.264 e. The quantitative estimate of drug-likeness (QED) is 0.178. The van der Waals surface area contributed by atoms with Crippen LogP contribution in [0.5, 0.6) is 5.75 Å². The summed E-state index contributed by atoms with van der Waals surface area (Å²) in [5.74, 6) is -0.570. The second kappa shape index (κ2) is 15.0. The van der Waals surface area contributed by atoms with Crippen LogP contribution in [0.1, 0.15) is 31.9 Å². The summed E-state index contributed by atoms with van der Waals surface area (Å²) in [6.45, 7) is 4.92. The van der Waals surface area contributed by atoms with E-state index in [9.17, 15) is 18.0 Å². The normalized spacial score (nSPS) is 12.2. The van der Waals surface area contributed by atoms with E-state index in [-0.39, 0.29) is 34.5 Å². The van der Waals surface area contributed by atoms with Gasteiger partial charge in [0.15, 0.2) is 0 Å². The van der Waals surface area contributed by atoms with Gasteiger partial charge in [-0.1, -0.05) is 83.9 Å². The average molecular weight is 683 g/mol. The van der Waals surface area contributed by atoms with Gasteiger partial charge in [-0.15, -0.1) is 0 Å². The number of ether oxygens (including phenoxy) is 1. The molecule has 0 heterocycles. The number of rotatable bonds is 12. The van der Waals surface area contributed by atoms with E-state index in [0.717, 1.165) is 9.87 Å². The van der Waals surface area contributed by atoms with E-state index < -0.39 is 34.1 Å².